The molecule has 108 valence electrons. The summed E-state index contributed by atoms with van der Waals surface area (Å²) in [6.07, 6.45) is 0. The van der Waals surface area contributed by atoms with Crippen LogP contribution in [0.5, 0.6) is 5.75 Å². The second kappa shape index (κ2) is 6.32. The Morgan fingerprint density at radius 2 is 1.90 bits per heavy atom. The highest BCUT2D eigenvalue weighted by Gasteiger charge is 2.11. The number of carbonyl (C=O) groups excluding carboxylic acids is 1. The van der Waals surface area contributed by atoms with Gasteiger partial charge in [-0.15, -0.1) is 0 Å². The Hall–Kier alpha value is -2.47. The lowest BCUT2D eigenvalue weighted by atomic mass is 10.1. The number of carbonyl (C=O) groups is 1. The molecule has 0 N–H and O–H groups in total. The topological polar surface area (TPSA) is 69.4 Å². The third kappa shape index (κ3) is 3.76. The predicted molar refractivity (Wildman–Crippen MR) is 74.3 cm³/mol. The van der Waals surface area contributed by atoms with E-state index in [1.165, 1.54) is 30.3 Å². The number of nitro benzene ring substituents is 1. The number of nitrogens with zero attached hydrogens (tertiary/aromatic N) is 1. The van der Waals surface area contributed by atoms with Crippen LogP contribution in [0.2, 0.25) is 5.02 Å². The van der Waals surface area contributed by atoms with Crippen molar-refractivity contribution in [3.8, 4) is 5.75 Å². The summed E-state index contributed by atoms with van der Waals surface area (Å²) in [5.41, 5.74) is 0.174. The molecule has 0 saturated heterocycles. The van der Waals surface area contributed by atoms with E-state index in [0.717, 1.165) is 12.1 Å². The van der Waals surface area contributed by atoms with Crippen molar-refractivity contribution >= 4 is 23.1 Å². The molecular formula is C14H9ClFNO4. The highest BCUT2D eigenvalue weighted by atomic mass is 35.5. The standard InChI is InChI=1S/C14H9ClFNO4/c15-12-7-10(16)3-6-14(12)21-8-13(18)9-1-4-11(5-2-9)17(19)20/h1-7H,8H2. The summed E-state index contributed by atoms with van der Waals surface area (Å²) >= 11 is 5.76. The zero-order chi connectivity index (χ0) is 15.4. The SMILES string of the molecule is O=C(COc1ccc(F)cc1Cl)c1ccc([N+](=O)[O-])cc1. The number of halogens is 2. The maximum atomic E-state index is 12.9. The van der Waals surface area contributed by atoms with Crippen LogP contribution in [-0.2, 0) is 0 Å². The van der Waals surface area contributed by atoms with Crippen molar-refractivity contribution in [2.45, 2.75) is 0 Å². The quantitative estimate of drug-likeness (QED) is 0.480. The van der Waals surface area contributed by atoms with Crippen LogP contribution in [0.3, 0.4) is 0 Å². The minimum absolute atomic E-state index is 0.0616. The lowest BCUT2D eigenvalue weighted by Crippen LogP contribution is -2.11. The molecule has 0 heterocycles. The molecule has 7 heteroatoms. The molecule has 21 heavy (non-hydrogen) atoms. The Labute approximate surface area is 124 Å². The van der Waals surface area contributed by atoms with Crippen molar-refractivity contribution in [3.63, 3.8) is 0 Å². The molecule has 0 amide bonds. The first-order valence-electron chi connectivity index (χ1n) is 5.83. The van der Waals surface area contributed by atoms with Crippen LogP contribution >= 0.6 is 11.6 Å². The van der Waals surface area contributed by atoms with E-state index in [-0.39, 0.29) is 34.4 Å². The molecule has 0 radical (unpaired) electrons. The van der Waals surface area contributed by atoms with E-state index >= 15 is 0 Å². The van der Waals surface area contributed by atoms with Gasteiger partial charge in [-0.3, -0.25) is 14.9 Å². The monoisotopic (exact) mass is 309 g/mol. The molecule has 0 aliphatic carbocycles. The van der Waals surface area contributed by atoms with Gasteiger partial charge in [0.1, 0.15) is 11.6 Å². The number of rotatable bonds is 5. The molecule has 2 aromatic rings. The lowest BCUT2D eigenvalue weighted by molar-refractivity contribution is -0.384. The minimum Gasteiger partial charge on any atom is -0.484 e. The molecule has 0 saturated carbocycles. The fourth-order valence-corrected chi connectivity index (χ4v) is 1.81. The number of benzene rings is 2. The van der Waals surface area contributed by atoms with Crippen molar-refractivity contribution in [1.82, 2.24) is 0 Å². The van der Waals surface area contributed by atoms with Crippen molar-refractivity contribution < 1.29 is 18.8 Å². The Morgan fingerprint density at radius 3 is 2.48 bits per heavy atom. The van der Waals surface area contributed by atoms with E-state index in [2.05, 4.69) is 0 Å². The van der Waals surface area contributed by atoms with Gasteiger partial charge >= 0.3 is 0 Å². The third-order valence-corrected chi connectivity index (χ3v) is 2.95. The van der Waals surface area contributed by atoms with E-state index < -0.39 is 10.7 Å². The van der Waals surface area contributed by atoms with Crippen molar-refractivity contribution in [2.75, 3.05) is 6.61 Å². The van der Waals surface area contributed by atoms with Gasteiger partial charge in [0.15, 0.2) is 12.4 Å². The first kappa shape index (κ1) is 14.9. The van der Waals surface area contributed by atoms with Gasteiger partial charge in [0.05, 0.1) is 9.95 Å². The molecule has 0 spiro atoms. The zero-order valence-corrected chi connectivity index (χ0v) is 11.3. The van der Waals surface area contributed by atoms with E-state index in [1.807, 2.05) is 0 Å². The normalized spacial score (nSPS) is 10.2. The number of nitro groups is 1. The number of non-ortho nitro benzene ring substituents is 1. The van der Waals surface area contributed by atoms with Gasteiger partial charge in [0, 0.05) is 17.7 Å². The average molecular weight is 310 g/mol. The molecule has 0 aliphatic rings. The zero-order valence-electron chi connectivity index (χ0n) is 10.6. The predicted octanol–water partition coefficient (Wildman–Crippen LogP) is 3.65. The molecule has 0 bridgehead atoms. The molecule has 0 aromatic heterocycles. The largest absolute Gasteiger partial charge is 0.484 e. The van der Waals surface area contributed by atoms with E-state index in [4.69, 9.17) is 16.3 Å². The Balaban J connectivity index is 2.02. The van der Waals surface area contributed by atoms with Crippen LogP contribution < -0.4 is 4.74 Å². The van der Waals surface area contributed by atoms with Gasteiger partial charge in [-0.25, -0.2) is 4.39 Å². The molecular weight excluding hydrogens is 301 g/mol. The molecule has 0 atom stereocenters. The number of ketones is 1. The van der Waals surface area contributed by atoms with Crippen LogP contribution in [0.25, 0.3) is 0 Å². The van der Waals surface area contributed by atoms with Crippen LogP contribution in [0, 0.1) is 15.9 Å². The van der Waals surface area contributed by atoms with Gasteiger partial charge in [-0.1, -0.05) is 11.6 Å². The van der Waals surface area contributed by atoms with Crippen molar-refractivity contribution in [1.29, 1.82) is 0 Å². The number of Topliss-reactive ketones (excluding diaryl/α,β-unsaturated/α-hetero) is 1. The average Bonchev–Trinajstić information content (AvgIpc) is 2.46. The maximum absolute atomic E-state index is 12.9. The smallest absolute Gasteiger partial charge is 0.269 e. The first-order valence-corrected chi connectivity index (χ1v) is 6.20. The van der Waals surface area contributed by atoms with Gasteiger partial charge in [-0.05, 0) is 30.3 Å². The van der Waals surface area contributed by atoms with Crippen LogP contribution in [0.4, 0.5) is 10.1 Å². The van der Waals surface area contributed by atoms with Crippen molar-refractivity contribution in [2.24, 2.45) is 0 Å². The van der Waals surface area contributed by atoms with E-state index in [0.29, 0.717) is 0 Å². The number of hydrogen-bond acceptors (Lipinski definition) is 4. The summed E-state index contributed by atoms with van der Waals surface area (Å²) in [5, 5.41) is 10.6. The highest BCUT2D eigenvalue weighted by Crippen LogP contribution is 2.25. The van der Waals surface area contributed by atoms with Crippen LogP contribution in [0.1, 0.15) is 10.4 Å². The maximum Gasteiger partial charge on any atom is 0.269 e. The molecule has 0 unspecified atom stereocenters. The Bertz CT molecular complexity index is 688. The number of ether oxygens (including phenoxy) is 1. The summed E-state index contributed by atoms with van der Waals surface area (Å²) in [7, 11) is 0. The van der Waals surface area contributed by atoms with Gasteiger partial charge in [0.2, 0.25) is 0 Å². The molecule has 2 aromatic carbocycles. The summed E-state index contributed by atoms with van der Waals surface area (Å²) in [6.45, 7) is -0.302. The fraction of sp³-hybridized carbons (Fsp3) is 0.0714. The van der Waals surface area contributed by atoms with E-state index in [1.54, 1.807) is 0 Å². The number of hydrogen-bond donors (Lipinski definition) is 0. The van der Waals surface area contributed by atoms with Crippen molar-refractivity contribution in [3.05, 3.63) is 69.0 Å². The molecule has 5 nitrogen and oxygen atoms in total. The second-order valence-electron chi connectivity index (χ2n) is 4.09. The second-order valence-corrected chi connectivity index (χ2v) is 4.50. The van der Waals surface area contributed by atoms with E-state index in [9.17, 15) is 19.3 Å². The molecule has 0 fully saturated rings. The summed E-state index contributed by atoms with van der Waals surface area (Å²) in [6, 6.07) is 8.72. The van der Waals surface area contributed by atoms with Gasteiger partial charge < -0.3 is 4.74 Å². The summed E-state index contributed by atoms with van der Waals surface area (Å²) in [5.74, 6) is -0.687. The Kier molecular flexibility index (Phi) is 4.49. The highest BCUT2D eigenvalue weighted by molar-refractivity contribution is 6.32. The van der Waals surface area contributed by atoms with Gasteiger partial charge in [0.25, 0.3) is 5.69 Å². The fourth-order valence-electron chi connectivity index (χ4n) is 1.59. The minimum atomic E-state index is -0.553. The lowest BCUT2D eigenvalue weighted by Gasteiger charge is -2.07. The molecule has 0 aliphatic heterocycles. The third-order valence-electron chi connectivity index (χ3n) is 2.65. The van der Waals surface area contributed by atoms with Crippen LogP contribution in [-0.4, -0.2) is 17.3 Å². The van der Waals surface area contributed by atoms with Crippen LogP contribution in [0.15, 0.2) is 42.5 Å². The summed E-state index contributed by atoms with van der Waals surface area (Å²) in [4.78, 5) is 21.8. The summed E-state index contributed by atoms with van der Waals surface area (Å²) < 4.78 is 18.1. The van der Waals surface area contributed by atoms with Gasteiger partial charge in [-0.2, -0.15) is 0 Å². The Morgan fingerprint density at radius 1 is 1.24 bits per heavy atom. The first-order chi connectivity index (χ1) is 9.97. The molecule has 2 rings (SSSR count).